The van der Waals surface area contributed by atoms with Crippen molar-refractivity contribution in [1.82, 2.24) is 4.72 Å². The van der Waals surface area contributed by atoms with E-state index in [1.54, 1.807) is 25.1 Å². The minimum absolute atomic E-state index is 0.0581. The quantitative estimate of drug-likeness (QED) is 0.458. The molecule has 0 saturated carbocycles. The van der Waals surface area contributed by atoms with E-state index >= 15 is 0 Å². The monoisotopic (exact) mass is 409 g/mol. The molecule has 0 radical (unpaired) electrons. The van der Waals surface area contributed by atoms with Gasteiger partial charge in [0, 0.05) is 11.6 Å². The molecule has 0 saturated heterocycles. The van der Waals surface area contributed by atoms with Gasteiger partial charge in [0.25, 0.3) is 0 Å². The van der Waals surface area contributed by atoms with Crippen molar-refractivity contribution in [2.75, 3.05) is 12.0 Å². The SMILES string of the molecule is C/C(=N/Nc1ccc(C)c(Cl)c1)c1ccc(S(=O)(=O)NCCC(=O)O)cc1. The number of halogens is 1. The topological polar surface area (TPSA) is 108 Å². The van der Waals surface area contributed by atoms with Gasteiger partial charge in [-0.3, -0.25) is 10.2 Å². The Morgan fingerprint density at radius 1 is 1.19 bits per heavy atom. The Bertz CT molecular complexity index is 957. The van der Waals surface area contributed by atoms with Crippen LogP contribution < -0.4 is 10.1 Å². The second-order valence-electron chi connectivity index (χ2n) is 5.84. The lowest BCUT2D eigenvalue weighted by molar-refractivity contribution is -0.136. The zero-order valence-corrected chi connectivity index (χ0v) is 16.4. The lowest BCUT2D eigenvalue weighted by Gasteiger charge is -2.08. The van der Waals surface area contributed by atoms with Gasteiger partial charge in [0.2, 0.25) is 10.0 Å². The van der Waals surface area contributed by atoms with Gasteiger partial charge in [-0.15, -0.1) is 0 Å². The van der Waals surface area contributed by atoms with Crippen molar-refractivity contribution in [3.8, 4) is 0 Å². The van der Waals surface area contributed by atoms with Crippen LogP contribution in [0.3, 0.4) is 0 Å². The maximum Gasteiger partial charge on any atom is 0.304 e. The number of hydrogen-bond donors (Lipinski definition) is 3. The first-order chi connectivity index (χ1) is 12.7. The molecular weight excluding hydrogens is 390 g/mol. The van der Waals surface area contributed by atoms with E-state index in [9.17, 15) is 13.2 Å². The van der Waals surface area contributed by atoms with E-state index in [-0.39, 0.29) is 17.9 Å². The summed E-state index contributed by atoms with van der Waals surface area (Å²) in [6, 6.07) is 11.7. The van der Waals surface area contributed by atoms with Crippen molar-refractivity contribution >= 4 is 39.0 Å². The van der Waals surface area contributed by atoms with E-state index in [1.807, 2.05) is 19.1 Å². The van der Waals surface area contributed by atoms with Crippen LogP contribution in [0.25, 0.3) is 0 Å². The highest BCUT2D eigenvalue weighted by Gasteiger charge is 2.14. The van der Waals surface area contributed by atoms with E-state index in [1.165, 1.54) is 12.1 Å². The van der Waals surface area contributed by atoms with Crippen molar-refractivity contribution in [1.29, 1.82) is 0 Å². The first-order valence-corrected chi connectivity index (χ1v) is 9.93. The molecule has 3 N–H and O–H groups in total. The molecule has 2 aromatic rings. The van der Waals surface area contributed by atoms with E-state index in [0.29, 0.717) is 10.7 Å². The van der Waals surface area contributed by atoms with E-state index in [2.05, 4.69) is 15.2 Å². The number of nitrogens with one attached hydrogen (secondary N) is 2. The molecule has 0 aliphatic carbocycles. The maximum atomic E-state index is 12.1. The molecule has 0 amide bonds. The maximum absolute atomic E-state index is 12.1. The van der Waals surface area contributed by atoms with Crippen molar-refractivity contribution in [2.24, 2.45) is 5.10 Å². The minimum atomic E-state index is -3.75. The number of carboxylic acids is 1. The van der Waals surface area contributed by atoms with Gasteiger partial charge in [0.15, 0.2) is 0 Å². The molecule has 0 atom stereocenters. The molecule has 0 aliphatic heterocycles. The zero-order chi connectivity index (χ0) is 20.0. The predicted molar refractivity (Wildman–Crippen MR) is 106 cm³/mol. The lowest BCUT2D eigenvalue weighted by Crippen LogP contribution is -2.26. The summed E-state index contributed by atoms with van der Waals surface area (Å²) in [5.41, 5.74) is 6.03. The molecule has 0 fully saturated rings. The largest absolute Gasteiger partial charge is 0.481 e. The average molecular weight is 410 g/mol. The third kappa shape index (κ3) is 6.06. The summed E-state index contributed by atoms with van der Waals surface area (Å²) < 4.78 is 26.5. The smallest absolute Gasteiger partial charge is 0.304 e. The van der Waals surface area contributed by atoms with Crippen molar-refractivity contribution in [3.05, 3.63) is 58.6 Å². The van der Waals surface area contributed by atoms with Crippen molar-refractivity contribution in [2.45, 2.75) is 25.2 Å². The lowest BCUT2D eigenvalue weighted by atomic mass is 10.1. The van der Waals surface area contributed by atoms with Gasteiger partial charge in [0.1, 0.15) is 0 Å². The van der Waals surface area contributed by atoms with Crippen LogP contribution in [-0.4, -0.2) is 31.8 Å². The number of hydrazone groups is 1. The van der Waals surface area contributed by atoms with Crippen LogP contribution >= 0.6 is 11.6 Å². The number of hydrogen-bond acceptors (Lipinski definition) is 5. The fourth-order valence-corrected chi connectivity index (χ4v) is 3.34. The van der Waals surface area contributed by atoms with Gasteiger partial charge in [0.05, 0.1) is 22.7 Å². The standard InChI is InChI=1S/C18H20ClN3O4S/c1-12-3-6-15(11-17(12)19)22-21-13(2)14-4-7-16(8-5-14)27(25,26)20-10-9-18(23)24/h3-8,11,20,22H,9-10H2,1-2H3,(H,23,24)/b21-13-. The summed E-state index contributed by atoms with van der Waals surface area (Å²) >= 11 is 6.08. The second-order valence-corrected chi connectivity index (χ2v) is 8.01. The molecule has 0 spiro atoms. The highest BCUT2D eigenvalue weighted by atomic mass is 35.5. The third-order valence-corrected chi connectivity index (χ3v) is 5.62. The summed E-state index contributed by atoms with van der Waals surface area (Å²) in [4.78, 5) is 10.5. The van der Waals surface area contributed by atoms with Gasteiger partial charge in [-0.25, -0.2) is 13.1 Å². The molecule has 7 nitrogen and oxygen atoms in total. The molecule has 0 bridgehead atoms. The molecule has 9 heteroatoms. The summed E-state index contributed by atoms with van der Waals surface area (Å²) in [6.45, 7) is 3.53. The van der Waals surface area contributed by atoms with Crippen LogP contribution in [0, 0.1) is 6.92 Å². The number of carbonyl (C=O) groups is 1. The number of sulfonamides is 1. The number of aryl methyl sites for hydroxylation is 1. The number of rotatable bonds is 8. The number of carboxylic acid groups (broad SMARTS) is 1. The molecular formula is C18H20ClN3O4S. The Labute approximate surface area is 163 Å². The summed E-state index contributed by atoms with van der Waals surface area (Å²) in [5.74, 6) is -1.07. The molecule has 0 unspecified atom stereocenters. The number of nitrogens with zero attached hydrogens (tertiary/aromatic N) is 1. The molecule has 0 aromatic heterocycles. The Balaban J connectivity index is 2.06. The van der Waals surface area contributed by atoms with Crippen LogP contribution in [0.5, 0.6) is 0 Å². The molecule has 27 heavy (non-hydrogen) atoms. The number of anilines is 1. The van der Waals surface area contributed by atoms with Gasteiger partial charge in [-0.05, 0) is 49.2 Å². The highest BCUT2D eigenvalue weighted by Crippen LogP contribution is 2.20. The molecule has 0 heterocycles. The van der Waals surface area contributed by atoms with Crippen molar-refractivity contribution in [3.63, 3.8) is 0 Å². The molecule has 144 valence electrons. The van der Waals surface area contributed by atoms with E-state index < -0.39 is 16.0 Å². The molecule has 2 aromatic carbocycles. The fourth-order valence-electron chi connectivity index (χ4n) is 2.13. The first-order valence-electron chi connectivity index (χ1n) is 8.07. The number of benzene rings is 2. The van der Waals surface area contributed by atoms with E-state index in [4.69, 9.17) is 16.7 Å². The summed E-state index contributed by atoms with van der Waals surface area (Å²) in [5, 5.41) is 13.5. The van der Waals surface area contributed by atoms with Gasteiger partial charge in [-0.2, -0.15) is 5.10 Å². The predicted octanol–water partition coefficient (Wildman–Crippen LogP) is 3.24. The van der Waals surface area contributed by atoms with Crippen LogP contribution in [0.4, 0.5) is 5.69 Å². The van der Waals surface area contributed by atoms with Crippen molar-refractivity contribution < 1.29 is 18.3 Å². The van der Waals surface area contributed by atoms with Gasteiger partial charge in [-0.1, -0.05) is 29.8 Å². The Kier molecular flexibility index (Phi) is 6.95. The van der Waals surface area contributed by atoms with Gasteiger partial charge >= 0.3 is 5.97 Å². The summed E-state index contributed by atoms with van der Waals surface area (Å²) in [6.07, 6.45) is -0.280. The Morgan fingerprint density at radius 3 is 2.44 bits per heavy atom. The Morgan fingerprint density at radius 2 is 1.85 bits per heavy atom. The Hall–Kier alpha value is -2.42. The fraction of sp³-hybridized carbons (Fsp3) is 0.222. The van der Waals surface area contributed by atoms with Gasteiger partial charge < -0.3 is 5.11 Å². The third-order valence-electron chi connectivity index (χ3n) is 3.74. The normalized spacial score (nSPS) is 12.0. The van der Waals surface area contributed by atoms with E-state index in [0.717, 1.165) is 16.8 Å². The zero-order valence-electron chi connectivity index (χ0n) is 14.9. The van der Waals surface area contributed by atoms with Crippen LogP contribution in [-0.2, 0) is 14.8 Å². The second kappa shape index (κ2) is 8.98. The van der Waals surface area contributed by atoms with Crippen LogP contribution in [0.1, 0.15) is 24.5 Å². The van der Waals surface area contributed by atoms with Crippen LogP contribution in [0.15, 0.2) is 52.5 Å². The minimum Gasteiger partial charge on any atom is -0.481 e. The summed E-state index contributed by atoms with van der Waals surface area (Å²) in [7, 11) is -3.75. The number of aliphatic carboxylic acids is 1. The highest BCUT2D eigenvalue weighted by molar-refractivity contribution is 7.89. The van der Waals surface area contributed by atoms with Crippen LogP contribution in [0.2, 0.25) is 5.02 Å². The molecule has 0 aliphatic rings. The molecule has 2 rings (SSSR count). The average Bonchev–Trinajstić information content (AvgIpc) is 2.62. The first kappa shape index (κ1) is 20.9.